The lowest BCUT2D eigenvalue weighted by molar-refractivity contribution is 0.0993. The zero-order valence-corrected chi connectivity index (χ0v) is 23.6. The largest absolute Gasteiger partial charge is 0.497 e. The number of methoxy groups -OCH3 is 1. The van der Waals surface area contributed by atoms with Gasteiger partial charge in [0.05, 0.1) is 19.3 Å². The Labute approximate surface area is 242 Å². The second-order valence-corrected chi connectivity index (χ2v) is 10.8. The van der Waals surface area contributed by atoms with E-state index in [4.69, 9.17) is 4.74 Å². The number of rotatable bonds is 7. The highest BCUT2D eigenvalue weighted by atomic mass is 32.1. The number of ether oxygens (including phenoxy) is 1. The summed E-state index contributed by atoms with van der Waals surface area (Å²) in [5.74, 6) is 8.13. The molecule has 0 saturated heterocycles. The number of amides is 1. The quantitative estimate of drug-likeness (QED) is 0.234. The smallest absolute Gasteiger partial charge is 0.258 e. The van der Waals surface area contributed by atoms with Crippen molar-refractivity contribution in [1.82, 2.24) is 25.2 Å². The van der Waals surface area contributed by atoms with Crippen molar-refractivity contribution >= 4 is 22.9 Å². The van der Waals surface area contributed by atoms with Gasteiger partial charge in [-0.15, -0.1) is 21.5 Å². The molecule has 2 aromatic heterocycles. The molecule has 9 heteroatoms. The number of benzene rings is 3. The third kappa shape index (κ3) is 6.03. The molecular formula is C32H28N6O2S. The lowest BCUT2D eigenvalue weighted by Gasteiger charge is -2.22. The Morgan fingerprint density at radius 2 is 1.88 bits per heavy atom. The van der Waals surface area contributed by atoms with Crippen LogP contribution >= 0.6 is 11.3 Å². The molecule has 8 nitrogen and oxygen atoms in total. The summed E-state index contributed by atoms with van der Waals surface area (Å²) in [4.78, 5) is 21.1. The molecule has 3 aromatic carbocycles. The van der Waals surface area contributed by atoms with Crippen molar-refractivity contribution in [3.8, 4) is 29.0 Å². The molecule has 0 radical (unpaired) electrons. The number of anilines is 1. The van der Waals surface area contributed by atoms with E-state index in [1.54, 1.807) is 35.2 Å². The highest BCUT2D eigenvalue weighted by molar-refractivity contribution is 7.10. The Bertz CT molecular complexity index is 1730. The molecule has 1 amide bonds. The molecule has 1 saturated carbocycles. The number of carbonyl (C=O) groups excluding carboxylic acids is 1. The fourth-order valence-electron chi connectivity index (χ4n) is 4.56. The molecule has 0 bridgehead atoms. The Hall–Kier alpha value is -4.81. The molecular weight excluding hydrogens is 532 g/mol. The van der Waals surface area contributed by atoms with E-state index in [-0.39, 0.29) is 5.91 Å². The van der Waals surface area contributed by atoms with E-state index in [2.05, 4.69) is 37.6 Å². The first-order valence-corrected chi connectivity index (χ1v) is 14.3. The standard InChI is InChI=1S/C32H28N6O2S/c1-37(32(39)26-8-3-5-22(19-26)11-18-30-33-29(21-41-30)24-6-4-7-24)27-14-12-25(13-15-27)31-34-36-38(35-31)20-23-9-16-28(40-2)17-10-23/h3,5,8-10,12-17,19,21,24H,4,6-7,20H2,1-2H3. The molecule has 1 aliphatic rings. The van der Waals surface area contributed by atoms with Crippen molar-refractivity contribution in [3.05, 3.63) is 106 Å². The van der Waals surface area contributed by atoms with Crippen LogP contribution in [0, 0.1) is 11.8 Å². The van der Waals surface area contributed by atoms with E-state index in [9.17, 15) is 4.79 Å². The van der Waals surface area contributed by atoms with Gasteiger partial charge in [-0.3, -0.25) is 4.79 Å². The molecule has 0 aliphatic heterocycles. The maximum atomic E-state index is 13.3. The van der Waals surface area contributed by atoms with Crippen LogP contribution in [0.4, 0.5) is 5.69 Å². The predicted molar refractivity (Wildman–Crippen MR) is 159 cm³/mol. The maximum Gasteiger partial charge on any atom is 0.258 e. The first-order chi connectivity index (χ1) is 20.1. The number of aromatic nitrogens is 5. The fraction of sp³-hybridized carbons (Fsp3) is 0.219. The Morgan fingerprint density at radius 1 is 1.07 bits per heavy atom. The van der Waals surface area contributed by atoms with E-state index in [0.29, 0.717) is 23.9 Å². The van der Waals surface area contributed by atoms with Crippen LogP contribution in [0.3, 0.4) is 0 Å². The number of hydrogen-bond donors (Lipinski definition) is 0. The third-order valence-corrected chi connectivity index (χ3v) is 8.00. The third-order valence-electron chi connectivity index (χ3n) is 7.22. The van der Waals surface area contributed by atoms with Gasteiger partial charge in [-0.2, -0.15) is 4.80 Å². The molecule has 0 unspecified atom stereocenters. The van der Waals surface area contributed by atoms with Crippen LogP contribution in [0.1, 0.15) is 57.4 Å². The molecule has 1 fully saturated rings. The minimum absolute atomic E-state index is 0.119. The summed E-state index contributed by atoms with van der Waals surface area (Å²) in [7, 11) is 3.40. The summed E-state index contributed by atoms with van der Waals surface area (Å²) in [5.41, 5.74) is 5.13. The van der Waals surface area contributed by atoms with Gasteiger partial charge in [-0.1, -0.05) is 30.5 Å². The van der Waals surface area contributed by atoms with E-state index in [1.807, 2.05) is 72.8 Å². The lowest BCUT2D eigenvalue weighted by Crippen LogP contribution is -2.26. The van der Waals surface area contributed by atoms with E-state index < -0.39 is 0 Å². The molecule has 6 rings (SSSR count). The Kier molecular flexibility index (Phi) is 7.56. The summed E-state index contributed by atoms with van der Waals surface area (Å²) in [6.45, 7) is 0.501. The number of hydrogen-bond acceptors (Lipinski definition) is 7. The average Bonchev–Trinajstić information content (AvgIpc) is 3.65. The van der Waals surface area contributed by atoms with Gasteiger partial charge in [0.2, 0.25) is 5.82 Å². The minimum Gasteiger partial charge on any atom is -0.497 e. The SMILES string of the molecule is COc1ccc(Cn2nnc(-c3ccc(N(C)C(=O)c4cccc(C#Cc5nc(C6CCC6)cs5)c4)cc3)n2)cc1. The van der Waals surface area contributed by atoms with E-state index >= 15 is 0 Å². The summed E-state index contributed by atoms with van der Waals surface area (Å²) in [6, 6.07) is 22.7. The van der Waals surface area contributed by atoms with Crippen molar-refractivity contribution in [2.75, 3.05) is 19.1 Å². The molecule has 0 spiro atoms. The number of nitrogens with zero attached hydrogens (tertiary/aromatic N) is 6. The van der Waals surface area contributed by atoms with Crippen molar-refractivity contribution in [2.45, 2.75) is 31.7 Å². The van der Waals surface area contributed by atoms with Crippen LogP contribution in [0.5, 0.6) is 5.75 Å². The molecule has 204 valence electrons. The number of tetrazole rings is 1. The van der Waals surface area contributed by atoms with Crippen molar-refractivity contribution in [3.63, 3.8) is 0 Å². The van der Waals surface area contributed by atoms with Crippen LogP contribution in [0.15, 0.2) is 78.2 Å². The first kappa shape index (κ1) is 26.4. The van der Waals surface area contributed by atoms with Gasteiger partial charge in [0.1, 0.15) is 5.75 Å². The highest BCUT2D eigenvalue weighted by Gasteiger charge is 2.21. The minimum atomic E-state index is -0.119. The van der Waals surface area contributed by atoms with Gasteiger partial charge >= 0.3 is 0 Å². The van der Waals surface area contributed by atoms with Crippen LogP contribution in [0.25, 0.3) is 11.4 Å². The zero-order valence-electron chi connectivity index (χ0n) is 22.8. The monoisotopic (exact) mass is 560 g/mol. The van der Waals surface area contributed by atoms with Gasteiger partial charge in [0.15, 0.2) is 5.01 Å². The Balaban J connectivity index is 1.10. The summed E-state index contributed by atoms with van der Waals surface area (Å²) in [5, 5.41) is 15.8. The normalized spacial score (nSPS) is 12.7. The summed E-state index contributed by atoms with van der Waals surface area (Å²) in [6.07, 6.45) is 3.73. The fourth-order valence-corrected chi connectivity index (χ4v) is 5.30. The van der Waals surface area contributed by atoms with Crippen LogP contribution < -0.4 is 9.64 Å². The molecule has 5 aromatic rings. The van der Waals surface area contributed by atoms with Crippen molar-refractivity contribution in [1.29, 1.82) is 0 Å². The zero-order chi connectivity index (χ0) is 28.2. The second kappa shape index (κ2) is 11.7. The number of carbonyl (C=O) groups is 1. The van der Waals surface area contributed by atoms with E-state index in [0.717, 1.165) is 38.8 Å². The summed E-state index contributed by atoms with van der Waals surface area (Å²) < 4.78 is 5.21. The highest BCUT2D eigenvalue weighted by Crippen LogP contribution is 2.36. The Morgan fingerprint density at radius 3 is 2.61 bits per heavy atom. The van der Waals surface area contributed by atoms with Crippen molar-refractivity contribution in [2.24, 2.45) is 0 Å². The average molecular weight is 561 g/mol. The van der Waals surface area contributed by atoms with Gasteiger partial charge < -0.3 is 9.64 Å². The van der Waals surface area contributed by atoms with Crippen molar-refractivity contribution < 1.29 is 9.53 Å². The molecule has 1 aliphatic carbocycles. The second-order valence-electron chi connectivity index (χ2n) is 9.94. The molecule has 2 heterocycles. The molecule has 0 N–H and O–H groups in total. The van der Waals surface area contributed by atoms with Crippen LogP contribution in [-0.2, 0) is 6.54 Å². The summed E-state index contributed by atoms with van der Waals surface area (Å²) >= 11 is 1.58. The predicted octanol–water partition coefficient (Wildman–Crippen LogP) is 5.80. The van der Waals surface area contributed by atoms with E-state index in [1.165, 1.54) is 19.3 Å². The number of thiazole rings is 1. The van der Waals surface area contributed by atoms with Crippen LogP contribution in [0.2, 0.25) is 0 Å². The first-order valence-electron chi connectivity index (χ1n) is 13.4. The molecule has 41 heavy (non-hydrogen) atoms. The maximum absolute atomic E-state index is 13.3. The van der Waals surface area contributed by atoms with Gasteiger partial charge in [-0.25, -0.2) is 4.98 Å². The van der Waals surface area contributed by atoms with Gasteiger partial charge in [-0.05, 0) is 84.1 Å². The topological polar surface area (TPSA) is 86.0 Å². The lowest BCUT2D eigenvalue weighted by atomic mass is 9.83. The van der Waals surface area contributed by atoms with Crippen LogP contribution in [-0.4, -0.2) is 45.3 Å². The molecule has 0 atom stereocenters. The van der Waals surface area contributed by atoms with Gasteiger partial charge in [0.25, 0.3) is 5.91 Å². The van der Waals surface area contributed by atoms with Gasteiger partial charge in [0, 0.05) is 40.7 Å².